The summed E-state index contributed by atoms with van der Waals surface area (Å²) in [6.45, 7) is 0.621. The zero-order valence-corrected chi connectivity index (χ0v) is 13.0. The number of nitrogens with one attached hydrogen (secondary N) is 1. The van der Waals surface area contributed by atoms with Crippen LogP contribution in [0.3, 0.4) is 0 Å². The van der Waals surface area contributed by atoms with E-state index in [0.29, 0.717) is 6.54 Å². The molecule has 4 heteroatoms. The number of rotatable bonds is 7. The highest BCUT2D eigenvalue weighted by molar-refractivity contribution is 5.75. The average molecular weight is 298 g/mol. The van der Waals surface area contributed by atoms with Gasteiger partial charge in [-0.1, -0.05) is 42.5 Å². The Balaban J connectivity index is 1.99. The van der Waals surface area contributed by atoms with Gasteiger partial charge in [-0.25, -0.2) is 0 Å². The van der Waals surface area contributed by atoms with Crippen molar-refractivity contribution in [3.8, 4) is 0 Å². The monoisotopic (exact) mass is 298 g/mol. The first kappa shape index (κ1) is 16.0. The molecule has 116 valence electrons. The molecule has 2 aromatic carbocycles. The summed E-state index contributed by atoms with van der Waals surface area (Å²) in [6.07, 6.45) is 0.806. The zero-order valence-electron chi connectivity index (χ0n) is 13.0. The van der Waals surface area contributed by atoms with Gasteiger partial charge in [0.1, 0.15) is 6.04 Å². The Labute approximate surface area is 131 Å². The quantitative estimate of drug-likeness (QED) is 0.825. The number of nitrogens with zero attached hydrogens (tertiary/aromatic N) is 1. The Hall–Kier alpha value is -2.33. The smallest absolute Gasteiger partial charge is 0.325 e. The molecule has 0 aliphatic rings. The van der Waals surface area contributed by atoms with Crippen molar-refractivity contribution in [2.45, 2.75) is 12.5 Å². The lowest BCUT2D eigenvalue weighted by molar-refractivity contribution is -0.139. The zero-order chi connectivity index (χ0) is 15.9. The molecule has 0 fully saturated rings. The molecule has 0 aromatic heterocycles. The fourth-order valence-corrected chi connectivity index (χ4v) is 2.32. The molecule has 0 saturated carbocycles. The van der Waals surface area contributed by atoms with E-state index in [1.807, 2.05) is 73.6 Å². The van der Waals surface area contributed by atoms with Crippen LogP contribution in [0.1, 0.15) is 17.2 Å². The number of anilines is 1. The lowest BCUT2D eigenvalue weighted by Crippen LogP contribution is -2.30. The molecule has 1 unspecified atom stereocenters. The van der Waals surface area contributed by atoms with Crippen molar-refractivity contribution in [2.75, 3.05) is 25.5 Å². The van der Waals surface area contributed by atoms with Crippen LogP contribution in [0, 0.1) is 0 Å². The molecule has 1 atom stereocenters. The van der Waals surface area contributed by atoms with Crippen LogP contribution in [-0.2, 0) is 11.2 Å². The standard InChI is InChI=1S/C18H22N2O2/c1-20(2)16-10-8-15(9-11-16)17(18(21)22)19-13-12-14-6-4-3-5-7-14/h3-11,17,19H,12-13H2,1-2H3,(H,21,22). The van der Waals surface area contributed by atoms with E-state index in [1.165, 1.54) is 5.56 Å². The number of hydrogen-bond acceptors (Lipinski definition) is 3. The molecule has 4 nitrogen and oxygen atoms in total. The van der Waals surface area contributed by atoms with Gasteiger partial charge in [-0.3, -0.25) is 4.79 Å². The maximum atomic E-state index is 11.5. The molecule has 0 spiro atoms. The van der Waals surface area contributed by atoms with Gasteiger partial charge in [0, 0.05) is 26.3 Å². The topological polar surface area (TPSA) is 52.6 Å². The number of carbonyl (C=O) groups is 1. The SMILES string of the molecule is CN(C)c1ccc(C(NCCc2ccccc2)C(=O)O)cc1. The van der Waals surface area contributed by atoms with Crippen molar-refractivity contribution in [1.82, 2.24) is 5.32 Å². The predicted molar refractivity (Wildman–Crippen MR) is 89.3 cm³/mol. The van der Waals surface area contributed by atoms with Crippen LogP contribution in [-0.4, -0.2) is 31.7 Å². The molecular formula is C18H22N2O2. The maximum absolute atomic E-state index is 11.5. The average Bonchev–Trinajstić information content (AvgIpc) is 2.52. The minimum Gasteiger partial charge on any atom is -0.480 e. The third kappa shape index (κ3) is 4.33. The van der Waals surface area contributed by atoms with Crippen LogP contribution >= 0.6 is 0 Å². The summed E-state index contributed by atoms with van der Waals surface area (Å²) in [7, 11) is 3.92. The van der Waals surface area contributed by atoms with Crippen molar-refractivity contribution < 1.29 is 9.90 Å². The summed E-state index contributed by atoms with van der Waals surface area (Å²) in [5.74, 6) is -0.856. The van der Waals surface area contributed by atoms with E-state index in [0.717, 1.165) is 17.7 Å². The summed E-state index contributed by atoms with van der Waals surface area (Å²) in [5.41, 5.74) is 3.02. The van der Waals surface area contributed by atoms with Gasteiger partial charge >= 0.3 is 5.97 Å². The van der Waals surface area contributed by atoms with Gasteiger partial charge in [-0.05, 0) is 29.7 Å². The van der Waals surface area contributed by atoms with Crippen LogP contribution < -0.4 is 10.2 Å². The highest BCUT2D eigenvalue weighted by Crippen LogP contribution is 2.18. The predicted octanol–water partition coefficient (Wildman–Crippen LogP) is 2.71. The van der Waals surface area contributed by atoms with E-state index in [4.69, 9.17) is 0 Å². The van der Waals surface area contributed by atoms with E-state index in [9.17, 15) is 9.90 Å². The fourth-order valence-electron chi connectivity index (χ4n) is 2.32. The Kier molecular flexibility index (Phi) is 5.55. The van der Waals surface area contributed by atoms with Crippen molar-refractivity contribution in [3.05, 3.63) is 65.7 Å². The minimum atomic E-state index is -0.856. The summed E-state index contributed by atoms with van der Waals surface area (Å²) in [4.78, 5) is 13.5. The van der Waals surface area contributed by atoms with Gasteiger partial charge in [0.15, 0.2) is 0 Å². The second-order valence-electron chi connectivity index (χ2n) is 5.45. The molecule has 22 heavy (non-hydrogen) atoms. The lowest BCUT2D eigenvalue weighted by atomic mass is 10.1. The van der Waals surface area contributed by atoms with E-state index >= 15 is 0 Å². The maximum Gasteiger partial charge on any atom is 0.325 e. The third-order valence-corrected chi connectivity index (χ3v) is 3.59. The van der Waals surface area contributed by atoms with Crippen LogP contribution in [0.15, 0.2) is 54.6 Å². The largest absolute Gasteiger partial charge is 0.480 e. The van der Waals surface area contributed by atoms with Crippen LogP contribution in [0.4, 0.5) is 5.69 Å². The molecule has 0 heterocycles. The first-order chi connectivity index (χ1) is 10.6. The third-order valence-electron chi connectivity index (χ3n) is 3.59. The van der Waals surface area contributed by atoms with Gasteiger partial charge in [0.25, 0.3) is 0 Å². The molecule has 0 bridgehead atoms. The second kappa shape index (κ2) is 7.61. The van der Waals surface area contributed by atoms with Crippen molar-refractivity contribution in [1.29, 1.82) is 0 Å². The molecule has 2 rings (SSSR count). The van der Waals surface area contributed by atoms with Crippen LogP contribution in [0.5, 0.6) is 0 Å². The van der Waals surface area contributed by atoms with E-state index in [2.05, 4.69) is 5.32 Å². The highest BCUT2D eigenvalue weighted by atomic mass is 16.4. The number of hydrogen-bond donors (Lipinski definition) is 2. The summed E-state index contributed by atoms with van der Waals surface area (Å²) in [5, 5.41) is 12.5. The Morgan fingerprint density at radius 1 is 1.09 bits per heavy atom. The molecular weight excluding hydrogens is 276 g/mol. The van der Waals surface area contributed by atoms with E-state index in [1.54, 1.807) is 0 Å². The normalized spacial score (nSPS) is 11.9. The van der Waals surface area contributed by atoms with Gasteiger partial charge in [0.05, 0.1) is 0 Å². The Morgan fingerprint density at radius 3 is 2.27 bits per heavy atom. The van der Waals surface area contributed by atoms with E-state index < -0.39 is 12.0 Å². The molecule has 0 aliphatic heterocycles. The Morgan fingerprint density at radius 2 is 1.73 bits per heavy atom. The molecule has 0 aliphatic carbocycles. The number of carboxylic acid groups (broad SMARTS) is 1. The van der Waals surface area contributed by atoms with Crippen molar-refractivity contribution in [2.24, 2.45) is 0 Å². The molecule has 0 radical (unpaired) electrons. The molecule has 0 amide bonds. The first-order valence-electron chi connectivity index (χ1n) is 7.35. The van der Waals surface area contributed by atoms with Gasteiger partial charge in [0.2, 0.25) is 0 Å². The first-order valence-corrected chi connectivity index (χ1v) is 7.35. The van der Waals surface area contributed by atoms with Crippen LogP contribution in [0.2, 0.25) is 0 Å². The van der Waals surface area contributed by atoms with Crippen molar-refractivity contribution >= 4 is 11.7 Å². The lowest BCUT2D eigenvalue weighted by Gasteiger charge is -2.17. The van der Waals surface area contributed by atoms with Gasteiger partial charge in [-0.15, -0.1) is 0 Å². The van der Waals surface area contributed by atoms with Gasteiger partial charge < -0.3 is 15.3 Å². The number of aliphatic carboxylic acids is 1. The van der Waals surface area contributed by atoms with Crippen LogP contribution in [0.25, 0.3) is 0 Å². The Bertz CT molecular complexity index is 594. The van der Waals surface area contributed by atoms with E-state index in [-0.39, 0.29) is 0 Å². The summed E-state index contributed by atoms with van der Waals surface area (Å²) >= 11 is 0. The summed E-state index contributed by atoms with van der Waals surface area (Å²) in [6, 6.07) is 17.0. The number of benzene rings is 2. The summed E-state index contributed by atoms with van der Waals surface area (Å²) < 4.78 is 0. The minimum absolute atomic E-state index is 0.621. The molecule has 2 aromatic rings. The van der Waals surface area contributed by atoms with Gasteiger partial charge in [-0.2, -0.15) is 0 Å². The molecule has 2 N–H and O–H groups in total. The number of carboxylic acids is 1. The fraction of sp³-hybridized carbons (Fsp3) is 0.278. The van der Waals surface area contributed by atoms with Crippen molar-refractivity contribution in [3.63, 3.8) is 0 Å². The second-order valence-corrected chi connectivity index (χ2v) is 5.45. The molecule has 0 saturated heterocycles. The highest BCUT2D eigenvalue weighted by Gasteiger charge is 2.18.